The number of nitrogen functional groups attached to an aromatic ring is 1. The van der Waals surface area contributed by atoms with Crippen LogP contribution in [0.3, 0.4) is 0 Å². The second kappa shape index (κ2) is 3.54. The Balaban J connectivity index is 2.53. The highest BCUT2D eigenvalue weighted by molar-refractivity contribution is 5.52. The van der Waals surface area contributed by atoms with Gasteiger partial charge in [0.05, 0.1) is 5.56 Å². The minimum absolute atomic E-state index is 0.373. The molecule has 2 unspecified atom stereocenters. The van der Waals surface area contributed by atoms with Gasteiger partial charge in [-0.1, -0.05) is 13.8 Å². The SMILES string of the molecule is CC1Cc2cc(C#N)c(N)nc2C(C)C1. The maximum absolute atomic E-state index is 8.88. The highest BCUT2D eigenvalue weighted by atomic mass is 14.9. The summed E-state index contributed by atoms with van der Waals surface area (Å²) in [6.45, 7) is 4.41. The third-order valence-electron chi connectivity index (χ3n) is 3.08. The smallest absolute Gasteiger partial charge is 0.141 e. The molecule has 15 heavy (non-hydrogen) atoms. The van der Waals surface area contributed by atoms with Crippen LogP contribution < -0.4 is 5.73 Å². The lowest BCUT2D eigenvalue weighted by atomic mass is 9.81. The van der Waals surface area contributed by atoms with Crippen molar-refractivity contribution in [2.45, 2.75) is 32.6 Å². The summed E-state index contributed by atoms with van der Waals surface area (Å²) in [4.78, 5) is 4.36. The molecular weight excluding hydrogens is 186 g/mol. The summed E-state index contributed by atoms with van der Waals surface area (Å²) in [5, 5.41) is 8.88. The summed E-state index contributed by atoms with van der Waals surface area (Å²) < 4.78 is 0. The largest absolute Gasteiger partial charge is 0.383 e. The first-order chi connectivity index (χ1) is 7.11. The lowest BCUT2D eigenvalue weighted by Crippen LogP contribution is -2.17. The van der Waals surface area contributed by atoms with Crippen LogP contribution in [0.15, 0.2) is 6.07 Å². The van der Waals surface area contributed by atoms with E-state index >= 15 is 0 Å². The second-order valence-corrected chi connectivity index (χ2v) is 4.52. The molecule has 1 aromatic rings. The number of hydrogen-bond acceptors (Lipinski definition) is 3. The van der Waals surface area contributed by atoms with Crippen molar-refractivity contribution in [3.8, 4) is 6.07 Å². The molecule has 1 heterocycles. The average molecular weight is 201 g/mol. The molecule has 1 aromatic heterocycles. The van der Waals surface area contributed by atoms with E-state index in [2.05, 4.69) is 24.9 Å². The van der Waals surface area contributed by atoms with E-state index in [9.17, 15) is 0 Å². The van der Waals surface area contributed by atoms with Crippen molar-refractivity contribution in [1.29, 1.82) is 5.26 Å². The first-order valence-corrected chi connectivity index (χ1v) is 5.31. The van der Waals surface area contributed by atoms with Gasteiger partial charge in [-0.15, -0.1) is 0 Å². The van der Waals surface area contributed by atoms with Gasteiger partial charge in [-0.3, -0.25) is 0 Å². The first-order valence-electron chi connectivity index (χ1n) is 5.31. The Morgan fingerprint density at radius 1 is 1.53 bits per heavy atom. The number of fused-ring (bicyclic) bond motifs is 1. The lowest BCUT2D eigenvalue weighted by molar-refractivity contribution is 0.442. The van der Waals surface area contributed by atoms with Crippen LogP contribution in [0.5, 0.6) is 0 Å². The minimum Gasteiger partial charge on any atom is -0.383 e. The van der Waals surface area contributed by atoms with Crippen LogP contribution in [0.2, 0.25) is 0 Å². The first kappa shape index (κ1) is 9.97. The monoisotopic (exact) mass is 201 g/mol. The van der Waals surface area contributed by atoms with Crippen molar-refractivity contribution >= 4 is 5.82 Å². The fourth-order valence-electron chi connectivity index (χ4n) is 2.44. The maximum Gasteiger partial charge on any atom is 0.141 e. The molecule has 0 aromatic carbocycles. The van der Waals surface area contributed by atoms with Crippen molar-refractivity contribution in [2.75, 3.05) is 5.73 Å². The van der Waals surface area contributed by atoms with Crippen LogP contribution in [0.4, 0.5) is 5.82 Å². The molecule has 0 fully saturated rings. The van der Waals surface area contributed by atoms with Gasteiger partial charge in [0.15, 0.2) is 0 Å². The summed E-state index contributed by atoms with van der Waals surface area (Å²) in [5.41, 5.74) is 8.52. The van der Waals surface area contributed by atoms with Crippen LogP contribution >= 0.6 is 0 Å². The van der Waals surface area contributed by atoms with Crippen molar-refractivity contribution in [3.05, 3.63) is 22.9 Å². The van der Waals surface area contributed by atoms with E-state index in [1.165, 1.54) is 5.56 Å². The molecule has 2 N–H and O–H groups in total. The summed E-state index contributed by atoms with van der Waals surface area (Å²) in [7, 11) is 0. The molecule has 0 spiro atoms. The zero-order valence-electron chi connectivity index (χ0n) is 9.12. The fraction of sp³-hybridized carbons (Fsp3) is 0.500. The summed E-state index contributed by atoms with van der Waals surface area (Å²) in [6.07, 6.45) is 2.17. The predicted molar refractivity (Wildman–Crippen MR) is 59.3 cm³/mol. The Morgan fingerprint density at radius 2 is 2.27 bits per heavy atom. The molecule has 1 aliphatic rings. The summed E-state index contributed by atoms with van der Waals surface area (Å²) >= 11 is 0. The molecular formula is C12H15N3. The van der Waals surface area contributed by atoms with E-state index < -0.39 is 0 Å². The molecule has 2 rings (SSSR count). The zero-order chi connectivity index (χ0) is 11.0. The molecule has 0 saturated heterocycles. The molecule has 78 valence electrons. The van der Waals surface area contributed by atoms with Crippen LogP contribution in [-0.2, 0) is 6.42 Å². The number of aromatic nitrogens is 1. The van der Waals surface area contributed by atoms with E-state index in [1.54, 1.807) is 0 Å². The van der Waals surface area contributed by atoms with Crippen LogP contribution in [0.25, 0.3) is 0 Å². The standard InChI is InChI=1S/C12H15N3/c1-7-3-8(2)11-9(4-7)5-10(6-13)12(14)15-11/h5,7-8H,3-4H2,1-2H3,(H2,14,15). The summed E-state index contributed by atoms with van der Waals surface area (Å²) in [6, 6.07) is 3.99. The molecule has 1 aliphatic carbocycles. The Bertz CT molecular complexity index is 431. The van der Waals surface area contributed by atoms with E-state index in [1.807, 2.05) is 6.07 Å². The Kier molecular flexibility index (Phi) is 2.36. The number of hydrogen-bond donors (Lipinski definition) is 1. The second-order valence-electron chi connectivity index (χ2n) is 4.52. The number of pyridine rings is 1. The lowest BCUT2D eigenvalue weighted by Gasteiger charge is -2.26. The number of rotatable bonds is 0. The molecule has 0 aliphatic heterocycles. The third kappa shape index (κ3) is 1.68. The van der Waals surface area contributed by atoms with Gasteiger partial charge in [0, 0.05) is 5.69 Å². The Hall–Kier alpha value is -1.56. The quantitative estimate of drug-likeness (QED) is 0.700. The normalized spacial score (nSPS) is 24.3. The zero-order valence-corrected chi connectivity index (χ0v) is 9.12. The molecule has 0 saturated carbocycles. The van der Waals surface area contributed by atoms with Crippen molar-refractivity contribution < 1.29 is 0 Å². The van der Waals surface area contributed by atoms with E-state index in [0.29, 0.717) is 23.2 Å². The van der Waals surface area contributed by atoms with Gasteiger partial charge in [0.25, 0.3) is 0 Å². The van der Waals surface area contributed by atoms with Crippen molar-refractivity contribution in [3.63, 3.8) is 0 Å². The highest BCUT2D eigenvalue weighted by Gasteiger charge is 2.23. The maximum atomic E-state index is 8.88. The fourth-order valence-corrected chi connectivity index (χ4v) is 2.44. The molecule has 3 nitrogen and oxygen atoms in total. The van der Waals surface area contributed by atoms with E-state index in [0.717, 1.165) is 18.5 Å². The number of anilines is 1. The number of nitriles is 1. The van der Waals surface area contributed by atoms with Crippen molar-refractivity contribution in [2.24, 2.45) is 5.92 Å². The molecule has 0 amide bonds. The van der Waals surface area contributed by atoms with E-state index in [4.69, 9.17) is 11.0 Å². The number of nitrogens with two attached hydrogens (primary N) is 1. The topological polar surface area (TPSA) is 62.7 Å². The molecule has 0 bridgehead atoms. The predicted octanol–water partition coefficient (Wildman–Crippen LogP) is 2.22. The van der Waals surface area contributed by atoms with Crippen LogP contribution in [-0.4, -0.2) is 4.98 Å². The molecule has 0 radical (unpaired) electrons. The van der Waals surface area contributed by atoms with Gasteiger partial charge >= 0.3 is 0 Å². The van der Waals surface area contributed by atoms with Gasteiger partial charge in [-0.05, 0) is 36.3 Å². The Labute approximate surface area is 89.9 Å². The van der Waals surface area contributed by atoms with E-state index in [-0.39, 0.29) is 0 Å². The van der Waals surface area contributed by atoms with Gasteiger partial charge in [-0.25, -0.2) is 4.98 Å². The van der Waals surface area contributed by atoms with Gasteiger partial charge < -0.3 is 5.73 Å². The van der Waals surface area contributed by atoms with Gasteiger partial charge in [-0.2, -0.15) is 5.26 Å². The van der Waals surface area contributed by atoms with Crippen LogP contribution in [0, 0.1) is 17.2 Å². The number of nitrogens with zero attached hydrogens (tertiary/aromatic N) is 2. The molecule has 2 atom stereocenters. The minimum atomic E-state index is 0.373. The van der Waals surface area contributed by atoms with Gasteiger partial charge in [0.1, 0.15) is 11.9 Å². The molecule has 3 heteroatoms. The van der Waals surface area contributed by atoms with Crippen molar-refractivity contribution in [1.82, 2.24) is 4.98 Å². The van der Waals surface area contributed by atoms with Gasteiger partial charge in [0.2, 0.25) is 0 Å². The highest BCUT2D eigenvalue weighted by Crippen LogP contribution is 2.34. The van der Waals surface area contributed by atoms with Crippen LogP contribution in [0.1, 0.15) is 43.0 Å². The third-order valence-corrected chi connectivity index (χ3v) is 3.08. The summed E-state index contributed by atoms with van der Waals surface area (Å²) in [5.74, 6) is 1.50. The Morgan fingerprint density at radius 3 is 2.93 bits per heavy atom. The average Bonchev–Trinajstić information content (AvgIpc) is 2.18.